The number of nitrogens with two attached hydrogens (primary N) is 1. The van der Waals surface area contributed by atoms with Crippen LogP contribution in [0.4, 0.5) is 10.3 Å². The van der Waals surface area contributed by atoms with Crippen LogP contribution >= 0.6 is 0 Å². The van der Waals surface area contributed by atoms with Gasteiger partial charge in [0.1, 0.15) is 11.4 Å². The van der Waals surface area contributed by atoms with Crippen molar-refractivity contribution >= 4 is 22.6 Å². The summed E-state index contributed by atoms with van der Waals surface area (Å²) < 4.78 is 20.0. The molecule has 0 aliphatic rings. The first-order valence-corrected chi connectivity index (χ1v) is 6.30. The van der Waals surface area contributed by atoms with Crippen molar-refractivity contribution in [3.63, 3.8) is 0 Å². The molecule has 4 rings (SSSR count). The van der Waals surface area contributed by atoms with E-state index in [0.29, 0.717) is 28.1 Å². The molecular weight excluding hydrogens is 273 g/mol. The summed E-state index contributed by atoms with van der Waals surface area (Å²) in [5.74, 6) is 0.945. The predicted molar refractivity (Wildman–Crippen MR) is 75.1 cm³/mol. The lowest BCUT2D eigenvalue weighted by Crippen LogP contribution is -2.03. The lowest BCUT2D eigenvalue weighted by atomic mass is 10.1. The number of benzene rings is 1. The summed E-state index contributed by atoms with van der Waals surface area (Å²) in [6.07, 6.45) is 0. The van der Waals surface area contributed by atoms with Crippen LogP contribution in [0.2, 0.25) is 0 Å². The van der Waals surface area contributed by atoms with Crippen molar-refractivity contribution < 1.29 is 8.81 Å². The van der Waals surface area contributed by atoms with Crippen LogP contribution < -0.4 is 5.73 Å². The summed E-state index contributed by atoms with van der Waals surface area (Å²) >= 11 is 0. The number of hydrogen-bond acceptors (Lipinski definition) is 5. The first-order chi connectivity index (χ1) is 10.1. The van der Waals surface area contributed by atoms with Gasteiger partial charge in [0.15, 0.2) is 5.65 Å². The van der Waals surface area contributed by atoms with Crippen LogP contribution in [0.5, 0.6) is 0 Å². The maximum atomic E-state index is 13.3. The van der Waals surface area contributed by atoms with E-state index in [2.05, 4.69) is 15.2 Å². The van der Waals surface area contributed by atoms with Crippen molar-refractivity contribution in [1.82, 2.24) is 19.6 Å². The fourth-order valence-corrected chi connectivity index (χ4v) is 2.47. The number of fused-ring (bicyclic) bond motifs is 2. The van der Waals surface area contributed by atoms with Gasteiger partial charge in [0.2, 0.25) is 5.95 Å². The molecule has 0 fully saturated rings. The molecule has 0 aliphatic heterocycles. The number of aromatic nitrogens is 4. The van der Waals surface area contributed by atoms with E-state index in [1.807, 2.05) is 6.07 Å². The molecule has 0 saturated heterocycles. The standard InChI is InChI=1S/C14H10FN5O/c1-7-18-19-13-6-10(17-14(16)20(7)13)8-3-2-4-11-9(8)5-12(15)21-11/h2-6H,1H3,(H2,16,17). The van der Waals surface area contributed by atoms with Gasteiger partial charge in [-0.25, -0.2) is 9.38 Å². The zero-order valence-electron chi connectivity index (χ0n) is 11.0. The number of nitrogens with zero attached hydrogens (tertiary/aromatic N) is 4. The molecule has 3 heterocycles. The quantitative estimate of drug-likeness (QED) is 0.580. The van der Waals surface area contributed by atoms with Gasteiger partial charge in [-0.2, -0.15) is 4.39 Å². The van der Waals surface area contributed by atoms with Crippen LogP contribution in [0, 0.1) is 12.9 Å². The average molecular weight is 283 g/mol. The average Bonchev–Trinajstić information content (AvgIpc) is 3.00. The molecule has 0 unspecified atom stereocenters. The zero-order chi connectivity index (χ0) is 14.6. The van der Waals surface area contributed by atoms with Crippen molar-refractivity contribution in [2.75, 3.05) is 5.73 Å². The summed E-state index contributed by atoms with van der Waals surface area (Å²) in [4.78, 5) is 4.36. The Morgan fingerprint density at radius 2 is 2.10 bits per heavy atom. The molecule has 3 aromatic heterocycles. The molecule has 6 nitrogen and oxygen atoms in total. The van der Waals surface area contributed by atoms with Crippen molar-refractivity contribution in [2.45, 2.75) is 6.92 Å². The Labute approximate surface area is 118 Å². The molecule has 0 radical (unpaired) electrons. The van der Waals surface area contributed by atoms with Gasteiger partial charge in [0.05, 0.1) is 5.69 Å². The minimum Gasteiger partial charge on any atom is -0.431 e. The Kier molecular flexibility index (Phi) is 2.26. The third kappa shape index (κ3) is 1.67. The molecule has 0 atom stereocenters. The van der Waals surface area contributed by atoms with E-state index in [0.717, 1.165) is 5.56 Å². The number of anilines is 1. The number of rotatable bonds is 1. The molecule has 1 aromatic carbocycles. The molecule has 0 amide bonds. The summed E-state index contributed by atoms with van der Waals surface area (Å²) in [7, 11) is 0. The minimum atomic E-state index is -0.634. The lowest BCUT2D eigenvalue weighted by Gasteiger charge is -2.05. The van der Waals surface area contributed by atoms with E-state index in [1.54, 1.807) is 29.5 Å². The predicted octanol–water partition coefficient (Wildman–Crippen LogP) is 2.57. The highest BCUT2D eigenvalue weighted by Crippen LogP contribution is 2.30. The fraction of sp³-hybridized carbons (Fsp3) is 0.0714. The van der Waals surface area contributed by atoms with E-state index in [-0.39, 0.29) is 5.95 Å². The fourth-order valence-electron chi connectivity index (χ4n) is 2.47. The number of halogens is 1. The highest BCUT2D eigenvalue weighted by molar-refractivity contribution is 5.93. The Morgan fingerprint density at radius 3 is 2.95 bits per heavy atom. The van der Waals surface area contributed by atoms with E-state index >= 15 is 0 Å². The summed E-state index contributed by atoms with van der Waals surface area (Å²) in [5.41, 5.74) is 8.35. The van der Waals surface area contributed by atoms with Gasteiger partial charge in [-0.05, 0) is 13.0 Å². The zero-order valence-corrected chi connectivity index (χ0v) is 11.0. The number of nitrogen functional groups attached to an aromatic ring is 1. The number of aryl methyl sites for hydroxylation is 1. The third-order valence-corrected chi connectivity index (χ3v) is 3.39. The molecular formula is C14H10FN5O. The molecule has 104 valence electrons. The largest absolute Gasteiger partial charge is 0.431 e. The second-order valence-corrected chi connectivity index (χ2v) is 4.71. The molecule has 2 N–H and O–H groups in total. The topological polar surface area (TPSA) is 82.2 Å². The monoisotopic (exact) mass is 283 g/mol. The molecule has 0 spiro atoms. The van der Waals surface area contributed by atoms with Crippen LogP contribution in [0.1, 0.15) is 5.82 Å². The van der Waals surface area contributed by atoms with Crippen LogP contribution in [0.25, 0.3) is 27.9 Å². The first-order valence-electron chi connectivity index (χ1n) is 6.30. The normalized spacial score (nSPS) is 11.5. The van der Waals surface area contributed by atoms with Crippen LogP contribution in [-0.2, 0) is 0 Å². The van der Waals surface area contributed by atoms with E-state index < -0.39 is 6.01 Å². The van der Waals surface area contributed by atoms with E-state index in [9.17, 15) is 4.39 Å². The molecule has 0 bridgehead atoms. The molecule has 7 heteroatoms. The molecule has 4 aromatic rings. The molecule has 0 aliphatic carbocycles. The van der Waals surface area contributed by atoms with Crippen LogP contribution in [0.15, 0.2) is 34.7 Å². The highest BCUT2D eigenvalue weighted by atomic mass is 19.1. The second-order valence-electron chi connectivity index (χ2n) is 4.71. The third-order valence-electron chi connectivity index (χ3n) is 3.39. The van der Waals surface area contributed by atoms with Gasteiger partial charge >= 0.3 is 0 Å². The summed E-state index contributed by atoms with van der Waals surface area (Å²) in [5, 5.41) is 8.66. The van der Waals surface area contributed by atoms with Crippen LogP contribution in [0.3, 0.4) is 0 Å². The van der Waals surface area contributed by atoms with Gasteiger partial charge in [0, 0.05) is 23.1 Å². The maximum absolute atomic E-state index is 13.3. The van der Waals surface area contributed by atoms with Gasteiger partial charge in [-0.1, -0.05) is 12.1 Å². The van der Waals surface area contributed by atoms with Gasteiger partial charge in [-0.15, -0.1) is 10.2 Å². The van der Waals surface area contributed by atoms with Crippen molar-refractivity contribution in [3.05, 3.63) is 42.2 Å². The molecule has 21 heavy (non-hydrogen) atoms. The highest BCUT2D eigenvalue weighted by Gasteiger charge is 2.13. The first kappa shape index (κ1) is 11.8. The Morgan fingerprint density at radius 1 is 1.24 bits per heavy atom. The smallest absolute Gasteiger partial charge is 0.278 e. The van der Waals surface area contributed by atoms with E-state index in [1.165, 1.54) is 6.07 Å². The lowest BCUT2D eigenvalue weighted by molar-refractivity contribution is 0.381. The van der Waals surface area contributed by atoms with Crippen molar-refractivity contribution in [3.8, 4) is 11.3 Å². The van der Waals surface area contributed by atoms with Crippen molar-refractivity contribution in [1.29, 1.82) is 0 Å². The maximum Gasteiger partial charge on any atom is 0.278 e. The minimum absolute atomic E-state index is 0.283. The van der Waals surface area contributed by atoms with Crippen LogP contribution in [-0.4, -0.2) is 19.6 Å². The summed E-state index contributed by atoms with van der Waals surface area (Å²) in [6, 6.07) is 7.77. The summed E-state index contributed by atoms with van der Waals surface area (Å²) in [6.45, 7) is 1.80. The second kappa shape index (κ2) is 4.02. The Balaban J connectivity index is 2.04. The number of hydrogen-bond donors (Lipinski definition) is 1. The Bertz CT molecular complexity index is 988. The van der Waals surface area contributed by atoms with Gasteiger partial charge < -0.3 is 10.2 Å². The van der Waals surface area contributed by atoms with E-state index in [4.69, 9.17) is 10.2 Å². The number of furan rings is 1. The van der Waals surface area contributed by atoms with Gasteiger partial charge in [0.25, 0.3) is 6.01 Å². The SMILES string of the molecule is Cc1nnc2cc(-c3cccc4oc(F)cc34)nc(N)n12. The molecule has 0 saturated carbocycles. The van der Waals surface area contributed by atoms with Gasteiger partial charge in [-0.3, -0.25) is 0 Å². The van der Waals surface area contributed by atoms with Crippen molar-refractivity contribution in [2.24, 2.45) is 0 Å². The Hall–Kier alpha value is -2.96.